The largest absolute Gasteiger partial charge is 0.445 e. The van der Waals surface area contributed by atoms with Crippen LogP contribution in [-0.4, -0.2) is 14.2 Å². The van der Waals surface area contributed by atoms with Crippen molar-refractivity contribution in [1.29, 1.82) is 0 Å². The molecule has 0 N–H and O–H groups in total. The van der Waals surface area contributed by atoms with Crippen molar-refractivity contribution in [3.05, 3.63) is 0 Å². The highest BCUT2D eigenvalue weighted by Gasteiger charge is 1.95. The van der Waals surface area contributed by atoms with Crippen LogP contribution in [0.4, 0.5) is 0 Å². The van der Waals surface area contributed by atoms with Gasteiger partial charge in [0.15, 0.2) is 0 Å². The summed E-state index contributed by atoms with van der Waals surface area (Å²) in [5, 5.41) is 0. The van der Waals surface area contributed by atoms with Crippen LogP contribution >= 0.6 is 0 Å². The highest BCUT2D eigenvalue weighted by atomic mass is 16.4. The van der Waals surface area contributed by atoms with E-state index >= 15 is 0 Å². The monoisotopic (exact) mass is 98.1 g/mol. The Balaban J connectivity index is 2.99. The Labute approximate surface area is 46.5 Å². The Morgan fingerprint density at radius 1 is 1.43 bits per heavy atom. The van der Waals surface area contributed by atoms with Crippen LogP contribution in [0.5, 0.6) is 0 Å². The van der Waals surface area contributed by atoms with Crippen LogP contribution in [0.25, 0.3) is 0 Å². The predicted octanol–water partition coefficient (Wildman–Crippen LogP) is 1.28. The van der Waals surface area contributed by atoms with Gasteiger partial charge in [0.2, 0.25) is 0 Å². The van der Waals surface area contributed by atoms with Gasteiger partial charge in [-0.1, -0.05) is 13.8 Å². The molecule has 1 nitrogen and oxygen atoms in total. The summed E-state index contributed by atoms with van der Waals surface area (Å²) in [5.41, 5.74) is 0. The predicted molar refractivity (Wildman–Crippen MR) is 31.2 cm³/mol. The lowest BCUT2D eigenvalue weighted by atomic mass is 10.2. The lowest BCUT2D eigenvalue weighted by Gasteiger charge is -2.08. The second kappa shape index (κ2) is 4.19. The molecule has 0 rings (SSSR count). The van der Waals surface area contributed by atoms with Crippen LogP contribution in [0.1, 0.15) is 26.7 Å². The first-order chi connectivity index (χ1) is 3.35. The molecule has 0 saturated heterocycles. The Kier molecular flexibility index (Phi) is 4.21. The molecule has 0 fully saturated rings. The van der Waals surface area contributed by atoms with Crippen molar-refractivity contribution >= 4 is 8.05 Å². The maximum Gasteiger partial charge on any atom is 0.283 e. The van der Waals surface area contributed by atoms with Gasteiger partial charge in [0, 0.05) is 6.10 Å². The standard InChI is InChI=1S/C5H11BO/c1-3-5(4-2)7-6/h5H,3-4H2,1-2H3. The van der Waals surface area contributed by atoms with E-state index in [0.29, 0.717) is 0 Å². The molecule has 0 aliphatic carbocycles. The van der Waals surface area contributed by atoms with Crippen LogP contribution in [-0.2, 0) is 4.65 Å². The van der Waals surface area contributed by atoms with Crippen molar-refractivity contribution in [1.82, 2.24) is 0 Å². The Morgan fingerprint density at radius 3 is 1.86 bits per heavy atom. The molecule has 2 heteroatoms. The van der Waals surface area contributed by atoms with Crippen molar-refractivity contribution < 1.29 is 4.65 Å². The molecule has 0 atom stereocenters. The van der Waals surface area contributed by atoms with E-state index < -0.39 is 0 Å². The van der Waals surface area contributed by atoms with E-state index in [9.17, 15) is 0 Å². The van der Waals surface area contributed by atoms with Crippen LogP contribution in [0.2, 0.25) is 0 Å². The molecule has 0 aromatic heterocycles. The fraction of sp³-hybridized carbons (Fsp3) is 1.00. The number of hydrogen-bond donors (Lipinski definition) is 0. The summed E-state index contributed by atoms with van der Waals surface area (Å²) < 4.78 is 4.55. The van der Waals surface area contributed by atoms with E-state index in [4.69, 9.17) is 8.05 Å². The van der Waals surface area contributed by atoms with Gasteiger partial charge in [-0.05, 0) is 12.8 Å². The molecule has 0 aromatic rings. The second-order valence-electron chi connectivity index (χ2n) is 1.57. The molecule has 0 bridgehead atoms. The zero-order valence-electron chi connectivity index (χ0n) is 4.98. The third-order valence-electron chi connectivity index (χ3n) is 1.10. The first-order valence-corrected chi connectivity index (χ1v) is 2.70. The summed E-state index contributed by atoms with van der Waals surface area (Å²) in [6.07, 6.45) is 2.28. The fourth-order valence-electron chi connectivity index (χ4n) is 0.481. The van der Waals surface area contributed by atoms with Crippen LogP contribution in [0.15, 0.2) is 0 Å². The highest BCUT2D eigenvalue weighted by molar-refractivity contribution is 5.98. The SMILES string of the molecule is [B]OC(CC)CC. The Morgan fingerprint density at radius 2 is 1.86 bits per heavy atom. The first-order valence-electron chi connectivity index (χ1n) is 2.70. The van der Waals surface area contributed by atoms with E-state index in [1.54, 1.807) is 0 Å². The van der Waals surface area contributed by atoms with Crippen LogP contribution in [0.3, 0.4) is 0 Å². The minimum Gasteiger partial charge on any atom is -0.445 e. The van der Waals surface area contributed by atoms with Gasteiger partial charge in [0.25, 0.3) is 8.05 Å². The molecule has 0 spiro atoms. The molecule has 7 heavy (non-hydrogen) atoms. The first kappa shape index (κ1) is 7.02. The summed E-state index contributed by atoms with van der Waals surface area (Å²) in [6.45, 7) is 4.11. The summed E-state index contributed by atoms with van der Waals surface area (Å²) in [5.74, 6) is 0. The second-order valence-corrected chi connectivity index (χ2v) is 1.57. The van der Waals surface area contributed by atoms with Gasteiger partial charge in [-0.3, -0.25) is 0 Å². The zero-order valence-corrected chi connectivity index (χ0v) is 4.98. The maximum absolute atomic E-state index is 4.89. The summed E-state index contributed by atoms with van der Waals surface area (Å²) in [6, 6.07) is 0. The smallest absolute Gasteiger partial charge is 0.283 e. The molecule has 40 valence electrons. The molecular formula is C5H11BO. The van der Waals surface area contributed by atoms with Gasteiger partial charge in [-0.2, -0.15) is 0 Å². The van der Waals surface area contributed by atoms with E-state index in [-0.39, 0.29) is 6.10 Å². The highest BCUT2D eigenvalue weighted by Crippen LogP contribution is 1.98. The summed E-state index contributed by atoms with van der Waals surface area (Å²) in [4.78, 5) is 0. The molecule has 2 radical (unpaired) electrons. The van der Waals surface area contributed by atoms with Gasteiger partial charge in [0.1, 0.15) is 0 Å². The van der Waals surface area contributed by atoms with E-state index in [2.05, 4.69) is 18.5 Å². The van der Waals surface area contributed by atoms with Gasteiger partial charge in [-0.25, -0.2) is 0 Å². The van der Waals surface area contributed by atoms with Crippen molar-refractivity contribution in [2.45, 2.75) is 32.8 Å². The van der Waals surface area contributed by atoms with Crippen LogP contribution < -0.4 is 0 Å². The van der Waals surface area contributed by atoms with Gasteiger partial charge in [-0.15, -0.1) is 0 Å². The molecule has 0 aliphatic heterocycles. The molecule has 0 unspecified atom stereocenters. The van der Waals surface area contributed by atoms with Gasteiger partial charge < -0.3 is 4.65 Å². The Bertz CT molecular complexity index is 29.6. The third kappa shape index (κ3) is 2.69. The fourth-order valence-corrected chi connectivity index (χ4v) is 0.481. The lowest BCUT2D eigenvalue weighted by Crippen LogP contribution is -2.06. The lowest BCUT2D eigenvalue weighted by molar-refractivity contribution is 0.212. The Hall–Kier alpha value is 0.0249. The van der Waals surface area contributed by atoms with E-state index in [1.807, 2.05) is 0 Å². The van der Waals surface area contributed by atoms with Crippen molar-refractivity contribution in [2.75, 3.05) is 0 Å². The normalized spacial score (nSPS) is 10.1. The van der Waals surface area contributed by atoms with Gasteiger partial charge >= 0.3 is 0 Å². The molecule has 0 aromatic carbocycles. The average Bonchev–Trinajstić information content (AvgIpc) is 1.72. The molecule has 0 heterocycles. The third-order valence-corrected chi connectivity index (χ3v) is 1.10. The molecule has 0 saturated carbocycles. The van der Waals surface area contributed by atoms with E-state index in [1.165, 1.54) is 0 Å². The molecule has 0 aliphatic rings. The zero-order chi connectivity index (χ0) is 5.70. The van der Waals surface area contributed by atoms with Crippen molar-refractivity contribution in [3.63, 3.8) is 0 Å². The van der Waals surface area contributed by atoms with E-state index in [0.717, 1.165) is 12.8 Å². The molecular weight excluding hydrogens is 86.9 g/mol. The topological polar surface area (TPSA) is 9.23 Å². The summed E-state index contributed by atoms with van der Waals surface area (Å²) in [7, 11) is 4.89. The van der Waals surface area contributed by atoms with Crippen molar-refractivity contribution in [3.8, 4) is 0 Å². The minimum absolute atomic E-state index is 0.264. The van der Waals surface area contributed by atoms with Crippen LogP contribution in [0, 0.1) is 0 Å². The average molecular weight is 98.0 g/mol. The number of hydrogen-bond acceptors (Lipinski definition) is 1. The summed E-state index contributed by atoms with van der Waals surface area (Å²) >= 11 is 0. The van der Waals surface area contributed by atoms with Gasteiger partial charge in [0.05, 0.1) is 0 Å². The molecule has 0 amide bonds. The number of rotatable bonds is 3. The minimum atomic E-state index is 0.264. The quantitative estimate of drug-likeness (QED) is 0.483. The maximum atomic E-state index is 4.89. The van der Waals surface area contributed by atoms with Crippen molar-refractivity contribution in [2.24, 2.45) is 0 Å².